The molecule has 1 aliphatic rings. The molecule has 1 unspecified atom stereocenters. The molecule has 1 atom stereocenters. The molecule has 1 rings (SSSR count). The first-order valence-electron chi connectivity index (χ1n) is 6.03. The fraction of sp³-hybridized carbons (Fsp3) is 1.00. The van der Waals surface area contributed by atoms with Gasteiger partial charge in [0, 0.05) is 19.1 Å². The molecule has 1 saturated heterocycles. The molecule has 0 saturated carbocycles. The van der Waals surface area contributed by atoms with Crippen molar-refractivity contribution >= 4 is 10.0 Å². The van der Waals surface area contributed by atoms with E-state index in [0.717, 1.165) is 19.3 Å². The number of unbranched alkanes of at least 4 members (excludes halogenated alkanes) is 1. The van der Waals surface area contributed by atoms with Gasteiger partial charge in [0.15, 0.2) is 0 Å². The van der Waals surface area contributed by atoms with Crippen LogP contribution in [0.2, 0.25) is 0 Å². The summed E-state index contributed by atoms with van der Waals surface area (Å²) in [6.45, 7) is 7.30. The van der Waals surface area contributed by atoms with Crippen molar-refractivity contribution in [3.63, 3.8) is 0 Å². The number of hydrogen-bond acceptors (Lipinski definition) is 3. The van der Waals surface area contributed by atoms with Crippen LogP contribution in [0.5, 0.6) is 0 Å². The molecule has 0 amide bonds. The van der Waals surface area contributed by atoms with Gasteiger partial charge in [-0.1, -0.05) is 27.2 Å². The average molecular weight is 248 g/mol. The molecule has 2 N–H and O–H groups in total. The quantitative estimate of drug-likeness (QED) is 0.812. The molecule has 1 fully saturated rings. The van der Waals surface area contributed by atoms with Crippen LogP contribution in [-0.4, -0.2) is 37.6 Å². The lowest BCUT2D eigenvalue weighted by molar-refractivity contribution is 0.161. The van der Waals surface area contributed by atoms with Crippen molar-refractivity contribution in [3.8, 4) is 0 Å². The van der Waals surface area contributed by atoms with E-state index in [9.17, 15) is 8.42 Å². The Morgan fingerprint density at radius 3 is 2.56 bits per heavy atom. The average Bonchev–Trinajstić information content (AvgIpc) is 2.19. The highest BCUT2D eigenvalue weighted by atomic mass is 32.2. The van der Waals surface area contributed by atoms with E-state index in [0.29, 0.717) is 13.1 Å². The Morgan fingerprint density at radius 2 is 2.06 bits per heavy atom. The molecular formula is C11H24N2O2S. The molecule has 0 radical (unpaired) electrons. The number of sulfonamides is 1. The molecule has 1 heterocycles. The molecule has 0 aromatic carbocycles. The SMILES string of the molecule is CCCCS(=O)(=O)N1CCC(C)(C)C(N)C1. The Bertz CT molecular complexity index is 325. The molecule has 1 aliphatic heterocycles. The molecule has 0 aromatic heterocycles. The van der Waals surface area contributed by atoms with Crippen molar-refractivity contribution in [3.05, 3.63) is 0 Å². The van der Waals surface area contributed by atoms with Gasteiger partial charge in [0.2, 0.25) is 10.0 Å². The Hall–Kier alpha value is -0.130. The van der Waals surface area contributed by atoms with Crippen LogP contribution in [0.3, 0.4) is 0 Å². The lowest BCUT2D eigenvalue weighted by atomic mass is 9.79. The summed E-state index contributed by atoms with van der Waals surface area (Å²) in [4.78, 5) is 0. The van der Waals surface area contributed by atoms with Crippen LogP contribution in [0.15, 0.2) is 0 Å². The van der Waals surface area contributed by atoms with Gasteiger partial charge >= 0.3 is 0 Å². The molecular weight excluding hydrogens is 224 g/mol. The maximum absolute atomic E-state index is 12.0. The minimum atomic E-state index is -3.08. The predicted molar refractivity (Wildman–Crippen MR) is 66.6 cm³/mol. The summed E-state index contributed by atoms with van der Waals surface area (Å²) in [5.74, 6) is 0.261. The van der Waals surface area contributed by atoms with Gasteiger partial charge in [-0.25, -0.2) is 12.7 Å². The first kappa shape index (κ1) is 13.9. The topological polar surface area (TPSA) is 63.4 Å². The standard InChI is InChI=1S/C11H24N2O2S/c1-4-5-8-16(14,15)13-7-6-11(2,3)10(12)9-13/h10H,4-9,12H2,1-3H3. The predicted octanol–water partition coefficient (Wildman–Crippen LogP) is 1.18. The zero-order valence-electron chi connectivity index (χ0n) is 10.6. The minimum absolute atomic E-state index is 0.0524. The van der Waals surface area contributed by atoms with Crippen LogP contribution in [0.1, 0.15) is 40.0 Å². The molecule has 0 bridgehead atoms. The van der Waals surface area contributed by atoms with Crippen molar-refractivity contribution in [1.29, 1.82) is 0 Å². The van der Waals surface area contributed by atoms with Crippen LogP contribution in [0.25, 0.3) is 0 Å². The molecule has 4 nitrogen and oxygen atoms in total. The zero-order chi connectivity index (χ0) is 12.4. The highest BCUT2D eigenvalue weighted by Crippen LogP contribution is 2.30. The summed E-state index contributed by atoms with van der Waals surface area (Å²) in [6, 6.07) is -0.0577. The van der Waals surface area contributed by atoms with Gasteiger partial charge < -0.3 is 5.73 Å². The van der Waals surface area contributed by atoms with E-state index in [1.165, 1.54) is 0 Å². The summed E-state index contributed by atoms with van der Waals surface area (Å²) in [5, 5.41) is 0. The van der Waals surface area contributed by atoms with Crippen molar-refractivity contribution in [2.75, 3.05) is 18.8 Å². The van der Waals surface area contributed by atoms with Crippen molar-refractivity contribution < 1.29 is 8.42 Å². The Kier molecular flexibility index (Phi) is 4.37. The van der Waals surface area contributed by atoms with Gasteiger partial charge in [-0.2, -0.15) is 0 Å². The van der Waals surface area contributed by atoms with Crippen LogP contribution in [0.4, 0.5) is 0 Å². The fourth-order valence-electron chi connectivity index (χ4n) is 1.86. The Labute approximate surface area is 99.2 Å². The van der Waals surface area contributed by atoms with E-state index in [-0.39, 0.29) is 17.2 Å². The Morgan fingerprint density at radius 1 is 1.44 bits per heavy atom. The lowest BCUT2D eigenvalue weighted by Crippen LogP contribution is -2.54. The second-order valence-electron chi connectivity index (χ2n) is 5.37. The summed E-state index contributed by atoms with van der Waals surface area (Å²) in [5.41, 5.74) is 6.07. The van der Waals surface area contributed by atoms with Crippen molar-refractivity contribution in [2.24, 2.45) is 11.1 Å². The van der Waals surface area contributed by atoms with Crippen LogP contribution in [0, 0.1) is 5.41 Å². The number of hydrogen-bond donors (Lipinski definition) is 1. The highest BCUT2D eigenvalue weighted by molar-refractivity contribution is 7.89. The number of nitrogens with zero attached hydrogens (tertiary/aromatic N) is 1. The summed E-state index contributed by atoms with van der Waals surface area (Å²) in [6.07, 6.45) is 2.49. The third kappa shape index (κ3) is 3.18. The van der Waals surface area contributed by atoms with E-state index in [4.69, 9.17) is 5.73 Å². The van der Waals surface area contributed by atoms with Gasteiger partial charge in [0.05, 0.1) is 5.75 Å². The zero-order valence-corrected chi connectivity index (χ0v) is 11.4. The minimum Gasteiger partial charge on any atom is -0.326 e. The maximum Gasteiger partial charge on any atom is 0.214 e. The van der Waals surface area contributed by atoms with Gasteiger partial charge in [-0.05, 0) is 18.3 Å². The van der Waals surface area contributed by atoms with Gasteiger partial charge in [0.1, 0.15) is 0 Å². The largest absolute Gasteiger partial charge is 0.326 e. The first-order chi connectivity index (χ1) is 7.29. The van der Waals surface area contributed by atoms with Gasteiger partial charge in [-0.15, -0.1) is 0 Å². The number of rotatable bonds is 4. The van der Waals surface area contributed by atoms with E-state index >= 15 is 0 Å². The molecule has 96 valence electrons. The molecule has 0 aromatic rings. The smallest absolute Gasteiger partial charge is 0.214 e. The molecule has 0 spiro atoms. The highest BCUT2D eigenvalue weighted by Gasteiger charge is 2.37. The summed E-state index contributed by atoms with van der Waals surface area (Å²) in [7, 11) is -3.08. The first-order valence-corrected chi connectivity index (χ1v) is 7.64. The maximum atomic E-state index is 12.0. The van der Waals surface area contributed by atoms with Crippen LogP contribution in [-0.2, 0) is 10.0 Å². The molecule has 16 heavy (non-hydrogen) atoms. The lowest BCUT2D eigenvalue weighted by Gasteiger charge is -2.41. The van der Waals surface area contributed by atoms with E-state index in [1.807, 2.05) is 6.92 Å². The van der Waals surface area contributed by atoms with E-state index in [2.05, 4.69) is 13.8 Å². The third-order valence-corrected chi connectivity index (χ3v) is 5.48. The Balaban J connectivity index is 2.64. The third-order valence-electron chi connectivity index (χ3n) is 3.56. The summed E-state index contributed by atoms with van der Waals surface area (Å²) < 4.78 is 25.5. The van der Waals surface area contributed by atoms with E-state index < -0.39 is 10.0 Å². The monoisotopic (exact) mass is 248 g/mol. The van der Waals surface area contributed by atoms with E-state index in [1.54, 1.807) is 4.31 Å². The summed E-state index contributed by atoms with van der Waals surface area (Å²) >= 11 is 0. The second kappa shape index (κ2) is 5.02. The molecule has 0 aliphatic carbocycles. The van der Waals surface area contributed by atoms with Crippen molar-refractivity contribution in [2.45, 2.75) is 46.1 Å². The second-order valence-corrected chi connectivity index (χ2v) is 7.46. The fourth-order valence-corrected chi connectivity index (χ4v) is 3.53. The number of piperidine rings is 1. The van der Waals surface area contributed by atoms with Gasteiger partial charge in [-0.3, -0.25) is 0 Å². The number of nitrogens with two attached hydrogens (primary N) is 1. The van der Waals surface area contributed by atoms with Crippen LogP contribution < -0.4 is 5.73 Å². The molecule has 5 heteroatoms. The normalized spacial score (nSPS) is 26.9. The van der Waals surface area contributed by atoms with Crippen LogP contribution >= 0.6 is 0 Å². The van der Waals surface area contributed by atoms with Crippen molar-refractivity contribution in [1.82, 2.24) is 4.31 Å². The van der Waals surface area contributed by atoms with Gasteiger partial charge in [0.25, 0.3) is 0 Å².